The first-order valence-electron chi connectivity index (χ1n) is 6.44. The average Bonchev–Trinajstić information content (AvgIpc) is 2.85. The van der Waals surface area contributed by atoms with Crippen LogP contribution in [0.25, 0.3) is 0 Å². The molecular weight excluding hydrogens is 368 g/mol. The molecule has 0 amide bonds. The van der Waals surface area contributed by atoms with Gasteiger partial charge < -0.3 is 4.42 Å². The van der Waals surface area contributed by atoms with E-state index in [0.717, 1.165) is 16.9 Å². The van der Waals surface area contributed by atoms with Crippen LogP contribution in [0.15, 0.2) is 45.5 Å². The zero-order chi connectivity index (χ0) is 14.0. The van der Waals surface area contributed by atoms with E-state index in [1.807, 2.05) is 12.1 Å². The van der Waals surface area contributed by atoms with Crippen molar-refractivity contribution < 1.29 is 4.42 Å². The molecule has 1 aromatic heterocycles. The standard InChI is InChI=1S/C16H18Br2O/c1-4-16(2,3)12-7-5-11(6-8-12)15(18)13-9-10-14(17)19-13/h5-10,15H,4H2,1-3H3. The minimum atomic E-state index is 0.0950. The Morgan fingerprint density at radius 3 is 2.21 bits per heavy atom. The molecule has 2 aromatic rings. The van der Waals surface area contributed by atoms with Gasteiger partial charge in [0.2, 0.25) is 0 Å². The Kier molecular flexibility index (Phi) is 4.57. The van der Waals surface area contributed by atoms with Crippen LogP contribution in [-0.2, 0) is 5.41 Å². The highest BCUT2D eigenvalue weighted by molar-refractivity contribution is 9.10. The molecule has 0 spiro atoms. The lowest BCUT2D eigenvalue weighted by atomic mass is 9.82. The number of hydrogen-bond donors (Lipinski definition) is 0. The van der Waals surface area contributed by atoms with Gasteiger partial charge in [0.15, 0.2) is 4.67 Å². The van der Waals surface area contributed by atoms with Gasteiger partial charge in [-0.15, -0.1) is 0 Å². The fraction of sp³-hybridized carbons (Fsp3) is 0.375. The van der Waals surface area contributed by atoms with E-state index in [0.29, 0.717) is 0 Å². The molecule has 0 aliphatic heterocycles. The van der Waals surface area contributed by atoms with Gasteiger partial charge in [0.1, 0.15) is 5.76 Å². The molecule has 0 saturated carbocycles. The van der Waals surface area contributed by atoms with Crippen molar-refractivity contribution in [1.29, 1.82) is 0 Å². The van der Waals surface area contributed by atoms with Crippen molar-refractivity contribution in [3.8, 4) is 0 Å². The van der Waals surface area contributed by atoms with Crippen molar-refractivity contribution in [2.45, 2.75) is 37.4 Å². The lowest BCUT2D eigenvalue weighted by Gasteiger charge is -2.23. The molecule has 3 heteroatoms. The minimum absolute atomic E-state index is 0.0950. The van der Waals surface area contributed by atoms with Crippen molar-refractivity contribution in [3.05, 3.63) is 58.0 Å². The van der Waals surface area contributed by atoms with Gasteiger partial charge in [-0.05, 0) is 51.0 Å². The van der Waals surface area contributed by atoms with E-state index in [-0.39, 0.29) is 10.2 Å². The summed E-state index contributed by atoms with van der Waals surface area (Å²) in [5.74, 6) is 0.911. The summed E-state index contributed by atoms with van der Waals surface area (Å²) in [5.41, 5.74) is 2.81. The summed E-state index contributed by atoms with van der Waals surface area (Å²) in [6.45, 7) is 6.77. The molecule has 102 valence electrons. The third kappa shape index (κ3) is 3.32. The Bertz CT molecular complexity index is 540. The van der Waals surface area contributed by atoms with Crippen LogP contribution >= 0.6 is 31.9 Å². The van der Waals surface area contributed by atoms with Crippen molar-refractivity contribution in [2.24, 2.45) is 0 Å². The third-order valence-electron chi connectivity index (χ3n) is 3.71. The second-order valence-electron chi connectivity index (χ2n) is 5.36. The number of alkyl halides is 1. The van der Waals surface area contributed by atoms with Crippen LogP contribution in [0, 0.1) is 0 Å². The first-order chi connectivity index (χ1) is 8.94. The SMILES string of the molecule is CCC(C)(C)c1ccc(C(Br)c2ccc(Br)o2)cc1. The molecule has 19 heavy (non-hydrogen) atoms. The summed E-state index contributed by atoms with van der Waals surface area (Å²) in [6, 6.07) is 12.7. The monoisotopic (exact) mass is 384 g/mol. The largest absolute Gasteiger partial charge is 0.453 e. The molecule has 2 rings (SSSR count). The van der Waals surface area contributed by atoms with Gasteiger partial charge >= 0.3 is 0 Å². The summed E-state index contributed by atoms with van der Waals surface area (Å²) < 4.78 is 6.35. The smallest absolute Gasteiger partial charge is 0.169 e. The topological polar surface area (TPSA) is 13.1 Å². The zero-order valence-electron chi connectivity index (χ0n) is 11.4. The van der Waals surface area contributed by atoms with Crippen molar-refractivity contribution in [3.63, 3.8) is 0 Å². The molecule has 0 bridgehead atoms. The van der Waals surface area contributed by atoms with Crippen LogP contribution in [0.1, 0.15) is 48.9 Å². The van der Waals surface area contributed by atoms with Gasteiger partial charge in [0.05, 0.1) is 4.83 Å². The molecule has 0 aliphatic rings. The van der Waals surface area contributed by atoms with E-state index in [1.54, 1.807) is 0 Å². The van der Waals surface area contributed by atoms with Gasteiger partial charge in [-0.25, -0.2) is 0 Å². The molecule has 1 nitrogen and oxygen atoms in total. The molecule has 0 aliphatic carbocycles. The fourth-order valence-corrected chi connectivity index (χ4v) is 2.81. The number of benzene rings is 1. The van der Waals surface area contributed by atoms with Crippen LogP contribution in [0.5, 0.6) is 0 Å². The highest BCUT2D eigenvalue weighted by Gasteiger charge is 2.19. The Morgan fingerprint density at radius 2 is 1.74 bits per heavy atom. The highest BCUT2D eigenvalue weighted by atomic mass is 79.9. The Morgan fingerprint density at radius 1 is 1.11 bits per heavy atom. The van der Waals surface area contributed by atoms with E-state index in [9.17, 15) is 0 Å². The van der Waals surface area contributed by atoms with Gasteiger partial charge in [0.25, 0.3) is 0 Å². The molecular formula is C16H18Br2O. The fourth-order valence-electron chi connectivity index (χ4n) is 1.94. The Hall–Kier alpha value is -0.540. The van der Waals surface area contributed by atoms with Crippen molar-refractivity contribution in [2.75, 3.05) is 0 Å². The predicted molar refractivity (Wildman–Crippen MR) is 86.9 cm³/mol. The molecule has 0 saturated heterocycles. The van der Waals surface area contributed by atoms with Crippen LogP contribution in [0.4, 0.5) is 0 Å². The Balaban J connectivity index is 2.23. The van der Waals surface area contributed by atoms with Crippen molar-refractivity contribution in [1.82, 2.24) is 0 Å². The van der Waals surface area contributed by atoms with E-state index >= 15 is 0 Å². The molecule has 1 atom stereocenters. The van der Waals surface area contributed by atoms with Gasteiger partial charge in [-0.2, -0.15) is 0 Å². The minimum Gasteiger partial charge on any atom is -0.453 e. The summed E-state index contributed by atoms with van der Waals surface area (Å²) in [6.07, 6.45) is 1.13. The molecule has 0 fully saturated rings. The van der Waals surface area contributed by atoms with E-state index in [4.69, 9.17) is 4.42 Å². The van der Waals surface area contributed by atoms with Crippen LogP contribution in [-0.4, -0.2) is 0 Å². The molecule has 1 unspecified atom stereocenters. The normalized spacial score (nSPS) is 13.5. The average molecular weight is 386 g/mol. The predicted octanol–water partition coefficient (Wildman–Crippen LogP) is 6.21. The van der Waals surface area contributed by atoms with Crippen molar-refractivity contribution >= 4 is 31.9 Å². The molecule has 0 radical (unpaired) electrons. The van der Waals surface area contributed by atoms with Gasteiger partial charge in [-0.1, -0.05) is 61.0 Å². The summed E-state index contributed by atoms with van der Waals surface area (Å²) in [5, 5.41) is 0. The van der Waals surface area contributed by atoms with Gasteiger partial charge in [0, 0.05) is 0 Å². The number of halogens is 2. The van der Waals surface area contributed by atoms with Crippen LogP contribution in [0.3, 0.4) is 0 Å². The maximum atomic E-state index is 5.59. The lowest BCUT2D eigenvalue weighted by molar-refractivity contribution is 0.496. The maximum Gasteiger partial charge on any atom is 0.169 e. The zero-order valence-corrected chi connectivity index (χ0v) is 14.6. The van der Waals surface area contributed by atoms with E-state index in [1.165, 1.54) is 11.1 Å². The molecule has 0 N–H and O–H groups in total. The second-order valence-corrected chi connectivity index (χ2v) is 7.06. The van der Waals surface area contributed by atoms with Crippen LogP contribution in [0.2, 0.25) is 0 Å². The highest BCUT2D eigenvalue weighted by Crippen LogP contribution is 2.34. The maximum absolute atomic E-state index is 5.59. The van der Waals surface area contributed by atoms with Gasteiger partial charge in [-0.3, -0.25) is 0 Å². The lowest BCUT2D eigenvalue weighted by Crippen LogP contribution is -2.15. The Labute approximate surface area is 131 Å². The van der Waals surface area contributed by atoms with E-state index in [2.05, 4.69) is 76.9 Å². The van der Waals surface area contributed by atoms with Crippen LogP contribution < -0.4 is 0 Å². The first-order valence-corrected chi connectivity index (χ1v) is 8.14. The first kappa shape index (κ1) is 14.9. The molecule has 1 heterocycles. The number of rotatable bonds is 4. The number of hydrogen-bond acceptors (Lipinski definition) is 1. The quantitative estimate of drug-likeness (QED) is 0.569. The third-order valence-corrected chi connectivity index (χ3v) is 5.12. The van der Waals surface area contributed by atoms with E-state index < -0.39 is 0 Å². The molecule has 1 aromatic carbocycles. The summed E-state index contributed by atoms with van der Waals surface area (Å²) in [4.78, 5) is 0.0950. The summed E-state index contributed by atoms with van der Waals surface area (Å²) in [7, 11) is 0. The summed E-state index contributed by atoms with van der Waals surface area (Å²) >= 11 is 7.02. The number of furan rings is 1. The second kappa shape index (κ2) is 5.84.